The number of nitrogens with one attached hydrogen (secondary N) is 1. The average Bonchev–Trinajstić information content (AvgIpc) is 3.25. The lowest BCUT2D eigenvalue weighted by molar-refractivity contribution is 0.146. The predicted octanol–water partition coefficient (Wildman–Crippen LogP) is 4.01. The number of hydrogen-bond donors (Lipinski definition) is 1. The largest absolute Gasteiger partial charge is 0.337 e. The third-order valence-electron chi connectivity index (χ3n) is 4.11. The summed E-state index contributed by atoms with van der Waals surface area (Å²) in [6.45, 7) is 6.20. The van der Waals surface area contributed by atoms with Crippen molar-refractivity contribution in [1.82, 2.24) is 10.2 Å². The van der Waals surface area contributed by atoms with Crippen molar-refractivity contribution in [3.05, 3.63) is 58.6 Å². The molecule has 0 radical (unpaired) electrons. The molecule has 130 valence electrons. The Kier molecular flexibility index (Phi) is 6.21. The molecular formula is C20H22FN3S. The first-order valence-corrected chi connectivity index (χ1v) is 9.33. The van der Waals surface area contributed by atoms with Crippen molar-refractivity contribution in [2.45, 2.75) is 32.0 Å². The number of rotatable bonds is 4. The van der Waals surface area contributed by atoms with Gasteiger partial charge in [-0.05, 0) is 49.0 Å². The van der Waals surface area contributed by atoms with Gasteiger partial charge in [0.15, 0.2) is 0 Å². The van der Waals surface area contributed by atoms with Crippen LogP contribution in [0.5, 0.6) is 0 Å². The zero-order valence-corrected chi connectivity index (χ0v) is 15.0. The Hall–Kier alpha value is -2.16. The van der Waals surface area contributed by atoms with Crippen LogP contribution in [-0.2, 0) is 6.54 Å². The zero-order chi connectivity index (χ0) is 17.5. The Labute approximate surface area is 152 Å². The highest BCUT2D eigenvalue weighted by Crippen LogP contribution is 2.21. The van der Waals surface area contributed by atoms with Gasteiger partial charge in [-0.1, -0.05) is 12.7 Å². The van der Waals surface area contributed by atoms with Gasteiger partial charge in [0, 0.05) is 37.1 Å². The molecule has 0 amide bonds. The van der Waals surface area contributed by atoms with Gasteiger partial charge in [-0.3, -0.25) is 4.90 Å². The van der Waals surface area contributed by atoms with Gasteiger partial charge in [-0.25, -0.2) is 9.38 Å². The lowest BCUT2D eigenvalue weighted by Gasteiger charge is -2.27. The average molecular weight is 355 g/mol. The first-order chi connectivity index (χ1) is 12.2. The summed E-state index contributed by atoms with van der Waals surface area (Å²) >= 11 is 1.71. The van der Waals surface area contributed by atoms with Crippen LogP contribution in [0, 0.1) is 11.8 Å². The van der Waals surface area contributed by atoms with Crippen LogP contribution in [0.2, 0.25) is 0 Å². The van der Waals surface area contributed by atoms with Crippen LogP contribution in [0.15, 0.2) is 53.8 Å². The van der Waals surface area contributed by atoms with Crippen molar-refractivity contribution >= 4 is 17.2 Å². The van der Waals surface area contributed by atoms with Crippen molar-refractivity contribution in [2.75, 3.05) is 13.1 Å². The molecule has 3 rings (SSSR count). The minimum atomic E-state index is -0.617. The Morgan fingerprint density at radius 3 is 3.00 bits per heavy atom. The number of allylic oxidation sites excluding steroid dienone is 3. The number of hydrogen-bond acceptors (Lipinski definition) is 3. The second-order valence-corrected chi connectivity index (χ2v) is 7.24. The van der Waals surface area contributed by atoms with Gasteiger partial charge in [-0.2, -0.15) is 0 Å². The zero-order valence-electron chi connectivity index (χ0n) is 14.2. The maximum absolute atomic E-state index is 13.2. The summed E-state index contributed by atoms with van der Waals surface area (Å²) < 4.78 is 13.2. The van der Waals surface area contributed by atoms with E-state index in [1.54, 1.807) is 29.7 Å². The van der Waals surface area contributed by atoms with Crippen LogP contribution < -0.4 is 5.32 Å². The standard InChI is InChI=1S/C20H22FN3S/c1-2-3-12-22-20-9-5-17(23-20)4-6-18-7-8-19(25-18)15-24-13-10-16(21)11-14-24/h2-3,5,7-8,12,16H,1,9-11,13-15H2,(H,22,23)/b12-3-. The van der Waals surface area contributed by atoms with Crippen LogP contribution in [0.3, 0.4) is 0 Å². The molecule has 2 aliphatic heterocycles. The van der Waals surface area contributed by atoms with Gasteiger partial charge in [0.05, 0.1) is 10.6 Å². The molecule has 0 unspecified atom stereocenters. The number of alkyl halides is 1. The van der Waals surface area contributed by atoms with E-state index in [0.29, 0.717) is 12.8 Å². The number of thiophene rings is 1. The highest BCUT2D eigenvalue weighted by molar-refractivity contribution is 7.12. The van der Waals surface area contributed by atoms with E-state index >= 15 is 0 Å². The summed E-state index contributed by atoms with van der Waals surface area (Å²) in [4.78, 5) is 8.95. The summed E-state index contributed by atoms with van der Waals surface area (Å²) in [7, 11) is 0. The van der Waals surface area contributed by atoms with Gasteiger partial charge in [0.25, 0.3) is 0 Å². The van der Waals surface area contributed by atoms with E-state index in [1.165, 1.54) is 4.88 Å². The van der Waals surface area contributed by atoms with Crippen molar-refractivity contribution in [1.29, 1.82) is 0 Å². The molecule has 0 atom stereocenters. The van der Waals surface area contributed by atoms with Crippen LogP contribution in [0.25, 0.3) is 0 Å². The minimum absolute atomic E-state index is 0.617. The van der Waals surface area contributed by atoms with E-state index in [4.69, 9.17) is 0 Å². The third-order valence-corrected chi connectivity index (χ3v) is 5.10. The van der Waals surface area contributed by atoms with Crippen LogP contribution in [0.4, 0.5) is 4.39 Å². The smallest absolute Gasteiger partial charge is 0.110 e. The fourth-order valence-electron chi connectivity index (χ4n) is 2.76. The van der Waals surface area contributed by atoms with E-state index in [0.717, 1.165) is 42.5 Å². The Morgan fingerprint density at radius 1 is 1.36 bits per heavy atom. The number of aliphatic imine (C=N–C) groups is 1. The lowest BCUT2D eigenvalue weighted by Crippen LogP contribution is -2.33. The molecule has 3 heterocycles. The van der Waals surface area contributed by atoms with Crippen LogP contribution in [-0.4, -0.2) is 30.0 Å². The van der Waals surface area contributed by atoms with Crippen LogP contribution >= 0.6 is 11.3 Å². The second-order valence-electron chi connectivity index (χ2n) is 6.07. The molecular weight excluding hydrogens is 333 g/mol. The van der Waals surface area contributed by atoms with Gasteiger partial charge in [-0.15, -0.1) is 11.3 Å². The Balaban J connectivity index is 1.52. The lowest BCUT2D eigenvalue weighted by atomic mass is 10.1. The summed E-state index contributed by atoms with van der Waals surface area (Å²) in [6.07, 6.45) is 8.72. The molecule has 1 saturated heterocycles. The van der Waals surface area contributed by atoms with Crippen molar-refractivity contribution in [3.8, 4) is 11.8 Å². The molecule has 3 nitrogen and oxygen atoms in total. The normalized spacial score (nSPS) is 20.4. The van der Waals surface area contributed by atoms with E-state index < -0.39 is 6.17 Å². The number of piperidine rings is 1. The predicted molar refractivity (Wildman–Crippen MR) is 103 cm³/mol. The minimum Gasteiger partial charge on any atom is -0.337 e. The summed E-state index contributed by atoms with van der Waals surface area (Å²) in [5, 5.41) is 3.21. The fourth-order valence-corrected chi connectivity index (χ4v) is 3.66. The molecule has 0 aliphatic carbocycles. The molecule has 1 N–H and O–H groups in total. The first kappa shape index (κ1) is 17.7. The molecule has 1 fully saturated rings. The number of likely N-dealkylation sites (tertiary alicyclic amines) is 1. The summed E-state index contributed by atoms with van der Waals surface area (Å²) in [5.74, 6) is 7.27. The SMILES string of the molecule is C=C/C=C\N=C1CC=C(C#Cc2ccc(CN3CCC(F)CC3)s2)N1. The van der Waals surface area contributed by atoms with E-state index in [-0.39, 0.29) is 0 Å². The van der Waals surface area contributed by atoms with Crippen molar-refractivity contribution < 1.29 is 4.39 Å². The monoisotopic (exact) mass is 355 g/mol. The molecule has 1 aromatic heterocycles. The summed E-state index contributed by atoms with van der Waals surface area (Å²) in [5.41, 5.74) is 0.894. The van der Waals surface area contributed by atoms with E-state index in [9.17, 15) is 4.39 Å². The number of amidine groups is 1. The molecule has 25 heavy (non-hydrogen) atoms. The summed E-state index contributed by atoms with van der Waals surface area (Å²) in [6, 6.07) is 4.19. The van der Waals surface area contributed by atoms with Gasteiger partial charge in [0.1, 0.15) is 12.0 Å². The van der Waals surface area contributed by atoms with Gasteiger partial charge in [0.2, 0.25) is 0 Å². The highest BCUT2D eigenvalue weighted by Gasteiger charge is 2.18. The maximum atomic E-state index is 13.2. The number of nitrogens with zero attached hydrogens (tertiary/aromatic N) is 2. The van der Waals surface area contributed by atoms with Crippen LogP contribution in [0.1, 0.15) is 29.0 Å². The van der Waals surface area contributed by atoms with E-state index in [1.807, 2.05) is 6.08 Å². The fraction of sp³-hybridized carbons (Fsp3) is 0.350. The molecule has 1 aromatic rings. The molecule has 0 bridgehead atoms. The number of halogens is 1. The van der Waals surface area contributed by atoms with Crippen molar-refractivity contribution in [3.63, 3.8) is 0 Å². The quantitative estimate of drug-likeness (QED) is 0.653. The molecule has 0 aromatic carbocycles. The highest BCUT2D eigenvalue weighted by atomic mass is 32.1. The van der Waals surface area contributed by atoms with Gasteiger partial charge >= 0.3 is 0 Å². The molecule has 2 aliphatic rings. The van der Waals surface area contributed by atoms with Crippen molar-refractivity contribution in [2.24, 2.45) is 4.99 Å². The maximum Gasteiger partial charge on any atom is 0.110 e. The third kappa shape index (κ3) is 5.42. The Bertz CT molecular complexity index is 755. The van der Waals surface area contributed by atoms with Gasteiger partial charge < -0.3 is 5.32 Å². The Morgan fingerprint density at radius 2 is 2.20 bits per heavy atom. The van der Waals surface area contributed by atoms with E-state index in [2.05, 4.69) is 45.8 Å². The molecule has 5 heteroatoms. The molecule has 0 spiro atoms. The second kappa shape index (κ2) is 8.80. The topological polar surface area (TPSA) is 27.6 Å². The first-order valence-electron chi connectivity index (χ1n) is 8.51. The molecule has 0 saturated carbocycles.